The Hall–Kier alpha value is -0.0400. The Morgan fingerprint density at radius 1 is 1.00 bits per heavy atom. The van der Waals surface area contributed by atoms with E-state index in [1.165, 1.54) is 6.42 Å². The number of hydrogen-bond donors (Lipinski definition) is 1. The molecular weight excluding hydrogens is 86.1 g/mol. The number of rotatable bonds is 0. The maximum absolute atomic E-state index is 2.12. The normalized spacial score (nSPS) is 3.43. The van der Waals surface area contributed by atoms with Crippen molar-refractivity contribution in [1.29, 1.82) is 0 Å². The van der Waals surface area contributed by atoms with Gasteiger partial charge in [-0.2, -0.15) is 0 Å². The van der Waals surface area contributed by atoms with Crippen molar-refractivity contribution in [3.05, 3.63) is 0 Å². The molecule has 1 nitrogen and oxygen atoms in total. The minimum atomic E-state index is 0. The van der Waals surface area contributed by atoms with Gasteiger partial charge in [-0.3, -0.25) is 0 Å². The molecule has 0 bridgehead atoms. The SMILES string of the molecule is C.CC.CCC.N. The lowest BCUT2D eigenvalue weighted by Crippen LogP contribution is -1.27. The van der Waals surface area contributed by atoms with Gasteiger partial charge in [0.1, 0.15) is 0 Å². The van der Waals surface area contributed by atoms with Crippen molar-refractivity contribution >= 4 is 0 Å². The van der Waals surface area contributed by atoms with Crippen molar-refractivity contribution in [2.75, 3.05) is 0 Å². The Morgan fingerprint density at radius 2 is 1.00 bits per heavy atom. The molecule has 50 valence electrons. The molecule has 0 aliphatic carbocycles. The standard InChI is InChI=1S/C3H8.C2H6.CH4.H3N/c1-3-2;1-2;;/h3H2,1-2H3;1-2H3;1H4;1H3. The van der Waals surface area contributed by atoms with Crippen LogP contribution in [-0.4, -0.2) is 0 Å². The summed E-state index contributed by atoms with van der Waals surface area (Å²) in [5, 5.41) is 0. The van der Waals surface area contributed by atoms with E-state index in [9.17, 15) is 0 Å². The van der Waals surface area contributed by atoms with Crippen LogP contribution in [0, 0.1) is 0 Å². The average molecular weight is 107 g/mol. The Labute approximate surface area is 48.7 Å². The van der Waals surface area contributed by atoms with E-state index in [2.05, 4.69) is 13.8 Å². The quantitative estimate of drug-likeness (QED) is 0.506. The maximum atomic E-state index is 2.12. The van der Waals surface area contributed by atoms with Crippen molar-refractivity contribution in [2.45, 2.75) is 41.5 Å². The van der Waals surface area contributed by atoms with Gasteiger partial charge in [-0.25, -0.2) is 0 Å². The summed E-state index contributed by atoms with van der Waals surface area (Å²) in [4.78, 5) is 0. The summed E-state index contributed by atoms with van der Waals surface area (Å²) in [6.45, 7) is 8.25. The first-order chi connectivity index (χ1) is 2.41. The first kappa shape index (κ1) is 28.2. The highest BCUT2D eigenvalue weighted by Crippen LogP contribution is 1.56. The molecule has 0 aromatic heterocycles. The number of hydrogen-bond acceptors (Lipinski definition) is 1. The van der Waals surface area contributed by atoms with Crippen LogP contribution in [-0.2, 0) is 0 Å². The van der Waals surface area contributed by atoms with Crippen molar-refractivity contribution in [3.63, 3.8) is 0 Å². The van der Waals surface area contributed by atoms with E-state index in [1.807, 2.05) is 13.8 Å². The van der Waals surface area contributed by atoms with E-state index < -0.39 is 0 Å². The minimum absolute atomic E-state index is 0. The molecule has 0 amide bonds. The van der Waals surface area contributed by atoms with E-state index in [4.69, 9.17) is 0 Å². The fourth-order valence-corrected chi connectivity index (χ4v) is 0. The van der Waals surface area contributed by atoms with E-state index in [1.54, 1.807) is 0 Å². The van der Waals surface area contributed by atoms with Gasteiger partial charge in [-0.1, -0.05) is 41.5 Å². The van der Waals surface area contributed by atoms with Gasteiger partial charge in [0.25, 0.3) is 0 Å². The molecule has 0 atom stereocenters. The van der Waals surface area contributed by atoms with Gasteiger partial charge in [0.2, 0.25) is 0 Å². The summed E-state index contributed by atoms with van der Waals surface area (Å²) >= 11 is 0. The van der Waals surface area contributed by atoms with Gasteiger partial charge >= 0.3 is 0 Å². The second-order valence-corrected chi connectivity index (χ2v) is 0.707. The largest absolute Gasteiger partial charge is 0.344 e. The van der Waals surface area contributed by atoms with Gasteiger partial charge in [0, 0.05) is 0 Å². The Morgan fingerprint density at radius 3 is 1.00 bits per heavy atom. The van der Waals surface area contributed by atoms with Crippen LogP contribution in [0.5, 0.6) is 0 Å². The molecule has 7 heavy (non-hydrogen) atoms. The predicted octanol–water partition coefficient (Wildman–Crippen LogP) is 3.24. The lowest BCUT2D eigenvalue weighted by Gasteiger charge is -1.48. The summed E-state index contributed by atoms with van der Waals surface area (Å²) in [5.74, 6) is 0. The molecule has 0 aliphatic rings. The monoisotopic (exact) mass is 107 g/mol. The second kappa shape index (κ2) is 159. The van der Waals surface area contributed by atoms with Crippen LogP contribution < -0.4 is 6.15 Å². The van der Waals surface area contributed by atoms with Crippen LogP contribution in [0.1, 0.15) is 41.5 Å². The Balaban J connectivity index is -0.0000000105. The zero-order valence-electron chi connectivity index (χ0n) is 5.41. The summed E-state index contributed by atoms with van der Waals surface area (Å²) in [7, 11) is 0. The zero-order valence-corrected chi connectivity index (χ0v) is 5.41. The molecule has 0 aliphatic heterocycles. The van der Waals surface area contributed by atoms with Crippen molar-refractivity contribution in [1.82, 2.24) is 6.15 Å². The molecular formula is C6H21N. The minimum Gasteiger partial charge on any atom is -0.344 e. The molecule has 0 aromatic carbocycles. The third-order valence-electron chi connectivity index (χ3n) is 0. The molecule has 0 saturated carbocycles. The van der Waals surface area contributed by atoms with Crippen LogP contribution in [0.2, 0.25) is 0 Å². The molecule has 0 fully saturated rings. The molecule has 0 rings (SSSR count). The molecule has 3 N–H and O–H groups in total. The van der Waals surface area contributed by atoms with Crippen molar-refractivity contribution in [3.8, 4) is 0 Å². The molecule has 0 unspecified atom stereocenters. The van der Waals surface area contributed by atoms with Crippen LogP contribution in [0.15, 0.2) is 0 Å². The summed E-state index contributed by atoms with van der Waals surface area (Å²) in [5.41, 5.74) is 0. The van der Waals surface area contributed by atoms with Crippen LogP contribution >= 0.6 is 0 Å². The van der Waals surface area contributed by atoms with Gasteiger partial charge in [0.15, 0.2) is 0 Å². The zero-order chi connectivity index (χ0) is 4.71. The molecule has 0 saturated heterocycles. The highest BCUT2D eigenvalue weighted by molar-refractivity contribution is 3.92. The topological polar surface area (TPSA) is 35.0 Å². The molecule has 0 spiro atoms. The average Bonchev–Trinajstić information content (AvgIpc) is 1.46. The third kappa shape index (κ3) is 58400. The lowest BCUT2D eigenvalue weighted by molar-refractivity contribution is 1.09. The fraction of sp³-hybridized carbons (Fsp3) is 1.00. The molecule has 1 heteroatoms. The molecule has 0 radical (unpaired) electrons. The Kier molecular flexibility index (Phi) is 641. The van der Waals surface area contributed by atoms with Gasteiger partial charge < -0.3 is 6.15 Å². The molecule has 0 heterocycles. The highest BCUT2D eigenvalue weighted by Gasteiger charge is 1.35. The van der Waals surface area contributed by atoms with E-state index in [0.717, 1.165) is 0 Å². The summed E-state index contributed by atoms with van der Waals surface area (Å²) in [6, 6.07) is 0. The smallest absolute Gasteiger partial charge is 0.0590 e. The van der Waals surface area contributed by atoms with E-state index in [-0.39, 0.29) is 13.6 Å². The summed E-state index contributed by atoms with van der Waals surface area (Å²) < 4.78 is 0. The first-order valence-corrected chi connectivity index (χ1v) is 2.41. The van der Waals surface area contributed by atoms with E-state index >= 15 is 0 Å². The van der Waals surface area contributed by atoms with Gasteiger partial charge in [-0.05, 0) is 0 Å². The van der Waals surface area contributed by atoms with E-state index in [0.29, 0.717) is 0 Å². The molecule has 0 aromatic rings. The van der Waals surface area contributed by atoms with Crippen molar-refractivity contribution < 1.29 is 0 Å². The van der Waals surface area contributed by atoms with Crippen molar-refractivity contribution in [2.24, 2.45) is 0 Å². The second-order valence-electron chi connectivity index (χ2n) is 0.707. The van der Waals surface area contributed by atoms with Gasteiger partial charge in [-0.15, -0.1) is 0 Å². The van der Waals surface area contributed by atoms with Crippen LogP contribution in [0.4, 0.5) is 0 Å². The fourth-order valence-electron chi connectivity index (χ4n) is 0. The summed E-state index contributed by atoms with van der Waals surface area (Å²) in [6.07, 6.45) is 1.25. The maximum Gasteiger partial charge on any atom is -0.0590 e. The van der Waals surface area contributed by atoms with Crippen LogP contribution in [0.3, 0.4) is 0 Å². The highest BCUT2D eigenvalue weighted by atomic mass is 14.0. The van der Waals surface area contributed by atoms with Gasteiger partial charge in [0.05, 0.1) is 0 Å². The predicted molar refractivity (Wildman–Crippen MR) is 39.1 cm³/mol. The Bertz CT molecular complexity index is 4.14. The third-order valence-corrected chi connectivity index (χ3v) is 0. The lowest BCUT2D eigenvalue weighted by atomic mass is 10.6. The first-order valence-electron chi connectivity index (χ1n) is 2.41. The van der Waals surface area contributed by atoms with Crippen LogP contribution in [0.25, 0.3) is 0 Å².